The van der Waals surface area contributed by atoms with Gasteiger partial charge >= 0.3 is 5.97 Å². The summed E-state index contributed by atoms with van der Waals surface area (Å²) in [6.45, 7) is 8.03. The molecule has 3 heterocycles. The third kappa shape index (κ3) is 3.26. The van der Waals surface area contributed by atoms with E-state index in [1.807, 2.05) is 40.9 Å². The standard InChI is InChI=1S/C18H22N4O3/c1-6-12-7-13(15-16(10(2)3)21-25-17(15)19-12)18(23)24-9-14-11(4)8-22(5)20-14/h7-8,10H,6,9H2,1-5H3. The normalized spacial score (nSPS) is 11.4. The van der Waals surface area contributed by atoms with Gasteiger partial charge in [-0.1, -0.05) is 25.9 Å². The number of esters is 1. The highest BCUT2D eigenvalue weighted by molar-refractivity contribution is 6.03. The largest absolute Gasteiger partial charge is 0.455 e. The molecule has 0 bridgehead atoms. The van der Waals surface area contributed by atoms with Gasteiger partial charge in [0.1, 0.15) is 12.3 Å². The quantitative estimate of drug-likeness (QED) is 0.662. The zero-order valence-electron chi connectivity index (χ0n) is 15.2. The molecule has 0 aliphatic rings. The third-order valence-electron chi connectivity index (χ3n) is 4.11. The van der Waals surface area contributed by atoms with Crippen molar-refractivity contribution < 1.29 is 14.1 Å². The average molecular weight is 342 g/mol. The summed E-state index contributed by atoms with van der Waals surface area (Å²) in [7, 11) is 1.84. The molecule has 7 nitrogen and oxygen atoms in total. The van der Waals surface area contributed by atoms with E-state index in [0.29, 0.717) is 28.8 Å². The molecule has 0 saturated heterocycles. The van der Waals surface area contributed by atoms with Gasteiger partial charge in [-0.2, -0.15) is 5.10 Å². The smallest absolute Gasteiger partial charge is 0.339 e. The molecule has 7 heteroatoms. The van der Waals surface area contributed by atoms with Crippen LogP contribution < -0.4 is 0 Å². The molecule has 0 atom stereocenters. The summed E-state index contributed by atoms with van der Waals surface area (Å²) in [6, 6.07) is 1.76. The predicted octanol–water partition coefficient (Wildman–Crippen LogP) is 3.31. The van der Waals surface area contributed by atoms with Crippen LogP contribution in [0.4, 0.5) is 0 Å². The monoisotopic (exact) mass is 342 g/mol. The summed E-state index contributed by atoms with van der Waals surface area (Å²) >= 11 is 0. The summed E-state index contributed by atoms with van der Waals surface area (Å²) in [6.07, 6.45) is 2.58. The number of nitrogens with zero attached hydrogens (tertiary/aromatic N) is 4. The molecule has 0 aromatic carbocycles. The molecule has 0 fully saturated rings. The van der Waals surface area contributed by atoms with E-state index in [2.05, 4.69) is 15.2 Å². The minimum atomic E-state index is -0.419. The van der Waals surface area contributed by atoms with Gasteiger partial charge in [0.25, 0.3) is 5.71 Å². The number of fused-ring (bicyclic) bond motifs is 1. The van der Waals surface area contributed by atoms with Crippen molar-refractivity contribution in [2.75, 3.05) is 0 Å². The Morgan fingerprint density at radius 1 is 1.40 bits per heavy atom. The number of rotatable bonds is 5. The van der Waals surface area contributed by atoms with Crippen LogP contribution in [0, 0.1) is 6.92 Å². The molecule has 0 spiro atoms. The van der Waals surface area contributed by atoms with Crippen LogP contribution in [0.25, 0.3) is 11.1 Å². The van der Waals surface area contributed by atoms with Crippen LogP contribution in [-0.4, -0.2) is 25.9 Å². The Balaban J connectivity index is 1.96. The number of pyridine rings is 1. The fourth-order valence-corrected chi connectivity index (χ4v) is 2.77. The number of hydrogen-bond donors (Lipinski definition) is 0. The lowest BCUT2D eigenvalue weighted by Gasteiger charge is -2.08. The van der Waals surface area contributed by atoms with Crippen LogP contribution in [0.2, 0.25) is 0 Å². The highest BCUT2D eigenvalue weighted by atomic mass is 16.5. The van der Waals surface area contributed by atoms with Crippen LogP contribution >= 0.6 is 0 Å². The molecule has 0 saturated carbocycles. The number of ether oxygens (including phenoxy) is 1. The molecule has 3 rings (SSSR count). The highest BCUT2D eigenvalue weighted by Crippen LogP contribution is 2.28. The molecule has 3 aromatic rings. The van der Waals surface area contributed by atoms with Crippen molar-refractivity contribution in [1.29, 1.82) is 0 Å². The lowest BCUT2D eigenvalue weighted by molar-refractivity contribution is 0.0468. The molecular weight excluding hydrogens is 320 g/mol. The van der Waals surface area contributed by atoms with Crippen molar-refractivity contribution in [2.24, 2.45) is 7.05 Å². The van der Waals surface area contributed by atoms with Gasteiger partial charge in [-0.25, -0.2) is 9.78 Å². The zero-order chi connectivity index (χ0) is 18.1. The third-order valence-corrected chi connectivity index (χ3v) is 4.11. The maximum absolute atomic E-state index is 12.7. The molecule has 132 valence electrons. The molecule has 3 aromatic heterocycles. The second-order valence-corrected chi connectivity index (χ2v) is 6.43. The van der Waals surface area contributed by atoms with Gasteiger partial charge in [0.15, 0.2) is 0 Å². The second kappa shape index (κ2) is 6.66. The van der Waals surface area contributed by atoms with Gasteiger partial charge in [0.05, 0.1) is 16.6 Å². The highest BCUT2D eigenvalue weighted by Gasteiger charge is 2.23. The minimum Gasteiger partial charge on any atom is -0.455 e. The van der Waals surface area contributed by atoms with Crippen LogP contribution in [0.15, 0.2) is 16.8 Å². The van der Waals surface area contributed by atoms with E-state index in [1.165, 1.54) is 0 Å². The summed E-state index contributed by atoms with van der Waals surface area (Å²) in [4.78, 5) is 17.2. The maximum Gasteiger partial charge on any atom is 0.339 e. The Hall–Kier alpha value is -2.70. The van der Waals surface area contributed by atoms with Crippen molar-refractivity contribution in [2.45, 2.75) is 46.6 Å². The Morgan fingerprint density at radius 2 is 2.16 bits per heavy atom. The molecule has 0 unspecified atom stereocenters. The van der Waals surface area contributed by atoms with Gasteiger partial charge in [-0.3, -0.25) is 4.68 Å². The lowest BCUT2D eigenvalue weighted by atomic mass is 10.0. The van der Waals surface area contributed by atoms with Gasteiger partial charge in [-0.15, -0.1) is 0 Å². The first-order valence-electron chi connectivity index (χ1n) is 8.36. The first-order chi connectivity index (χ1) is 11.9. The predicted molar refractivity (Wildman–Crippen MR) is 92.3 cm³/mol. The number of aryl methyl sites for hydroxylation is 3. The molecule has 25 heavy (non-hydrogen) atoms. The first-order valence-corrected chi connectivity index (χ1v) is 8.36. The van der Waals surface area contributed by atoms with Gasteiger partial charge < -0.3 is 9.26 Å². The van der Waals surface area contributed by atoms with E-state index < -0.39 is 5.97 Å². The Bertz CT molecular complexity index is 924. The lowest BCUT2D eigenvalue weighted by Crippen LogP contribution is -2.09. The summed E-state index contributed by atoms with van der Waals surface area (Å²) in [5, 5.41) is 9.03. The van der Waals surface area contributed by atoms with E-state index in [4.69, 9.17) is 9.26 Å². The van der Waals surface area contributed by atoms with Crippen molar-refractivity contribution >= 4 is 17.1 Å². The van der Waals surface area contributed by atoms with E-state index in [1.54, 1.807) is 10.7 Å². The van der Waals surface area contributed by atoms with Gasteiger partial charge in [-0.05, 0) is 30.9 Å². The number of carbonyl (C=O) groups excluding carboxylic acids is 1. The summed E-state index contributed by atoms with van der Waals surface area (Å²) in [5.41, 5.74) is 4.03. The summed E-state index contributed by atoms with van der Waals surface area (Å²) in [5.74, 6) is -0.308. The van der Waals surface area contributed by atoms with E-state index in [0.717, 1.165) is 17.0 Å². The number of carbonyl (C=O) groups is 1. The van der Waals surface area contributed by atoms with Crippen molar-refractivity contribution in [3.63, 3.8) is 0 Å². The van der Waals surface area contributed by atoms with E-state index in [9.17, 15) is 4.79 Å². The van der Waals surface area contributed by atoms with E-state index >= 15 is 0 Å². The van der Waals surface area contributed by atoms with Crippen molar-refractivity contribution in [3.05, 3.63) is 40.5 Å². The minimum absolute atomic E-state index is 0.111. The maximum atomic E-state index is 12.7. The Morgan fingerprint density at radius 3 is 2.76 bits per heavy atom. The second-order valence-electron chi connectivity index (χ2n) is 6.43. The number of hydrogen-bond acceptors (Lipinski definition) is 6. The molecular formula is C18H22N4O3. The fourth-order valence-electron chi connectivity index (χ4n) is 2.77. The molecule has 0 N–H and O–H groups in total. The number of aromatic nitrogens is 4. The first kappa shape index (κ1) is 17.1. The van der Waals surface area contributed by atoms with Crippen LogP contribution in [0.1, 0.15) is 59.7 Å². The zero-order valence-corrected chi connectivity index (χ0v) is 15.2. The average Bonchev–Trinajstić information content (AvgIpc) is 3.14. The Kier molecular flexibility index (Phi) is 4.57. The van der Waals surface area contributed by atoms with Crippen molar-refractivity contribution in [3.8, 4) is 0 Å². The van der Waals surface area contributed by atoms with Gasteiger partial charge in [0.2, 0.25) is 0 Å². The SMILES string of the molecule is CCc1cc(C(=O)OCc2nn(C)cc2C)c2c(C(C)C)noc2n1. The van der Waals surface area contributed by atoms with Crippen LogP contribution in [0.3, 0.4) is 0 Å². The summed E-state index contributed by atoms with van der Waals surface area (Å²) < 4.78 is 12.6. The molecule has 0 aliphatic carbocycles. The van der Waals surface area contributed by atoms with E-state index in [-0.39, 0.29) is 12.5 Å². The molecule has 0 radical (unpaired) electrons. The van der Waals surface area contributed by atoms with Crippen LogP contribution in [-0.2, 0) is 24.8 Å². The topological polar surface area (TPSA) is 83.0 Å². The Labute approximate surface area is 146 Å². The molecule has 0 aliphatic heterocycles. The van der Waals surface area contributed by atoms with Crippen molar-refractivity contribution in [1.82, 2.24) is 19.9 Å². The molecule has 0 amide bonds. The van der Waals surface area contributed by atoms with Crippen LogP contribution in [0.5, 0.6) is 0 Å². The fraction of sp³-hybridized carbons (Fsp3) is 0.444. The van der Waals surface area contributed by atoms with Gasteiger partial charge in [0, 0.05) is 18.9 Å².